The highest BCUT2D eigenvalue weighted by molar-refractivity contribution is 5.46. The molecule has 82 valence electrons. The summed E-state index contributed by atoms with van der Waals surface area (Å²) >= 11 is 0. The molecule has 1 atom stereocenters. The van der Waals surface area contributed by atoms with Gasteiger partial charge < -0.3 is 10.2 Å². The standard InChI is InChI=1S/C13H20N2/c1-15(2)12-8-6-11(7-9-12)13-5-3-4-10-14-13/h6-9,13-14H,3-5,10H2,1-2H3. The van der Waals surface area contributed by atoms with Crippen molar-refractivity contribution in [1.82, 2.24) is 5.32 Å². The van der Waals surface area contributed by atoms with E-state index in [0.717, 1.165) is 0 Å². The van der Waals surface area contributed by atoms with Crippen LogP contribution in [0.25, 0.3) is 0 Å². The highest BCUT2D eigenvalue weighted by Gasteiger charge is 2.13. The molecule has 0 aromatic heterocycles. The van der Waals surface area contributed by atoms with Gasteiger partial charge in [-0.15, -0.1) is 0 Å². The van der Waals surface area contributed by atoms with Crippen molar-refractivity contribution in [3.63, 3.8) is 0 Å². The van der Waals surface area contributed by atoms with Gasteiger partial charge in [0.1, 0.15) is 0 Å². The monoisotopic (exact) mass is 204 g/mol. The van der Waals surface area contributed by atoms with Crippen molar-refractivity contribution in [3.05, 3.63) is 29.8 Å². The average Bonchev–Trinajstić information content (AvgIpc) is 2.30. The van der Waals surface area contributed by atoms with E-state index in [0.29, 0.717) is 6.04 Å². The second kappa shape index (κ2) is 4.67. The van der Waals surface area contributed by atoms with Gasteiger partial charge in [-0.25, -0.2) is 0 Å². The van der Waals surface area contributed by atoms with Crippen LogP contribution in [-0.2, 0) is 0 Å². The molecule has 0 aliphatic carbocycles. The Labute approximate surface area is 92.3 Å². The molecule has 1 N–H and O–H groups in total. The molecule has 1 saturated heterocycles. The zero-order valence-corrected chi connectivity index (χ0v) is 9.66. The van der Waals surface area contributed by atoms with Crippen LogP contribution < -0.4 is 10.2 Å². The number of nitrogens with zero attached hydrogens (tertiary/aromatic N) is 1. The molecule has 2 nitrogen and oxygen atoms in total. The molecule has 15 heavy (non-hydrogen) atoms. The Hall–Kier alpha value is -1.02. The summed E-state index contributed by atoms with van der Waals surface area (Å²) in [5.74, 6) is 0. The van der Waals surface area contributed by atoms with Crippen LogP contribution >= 0.6 is 0 Å². The van der Waals surface area contributed by atoms with Crippen molar-refractivity contribution in [2.75, 3.05) is 25.5 Å². The fraction of sp³-hybridized carbons (Fsp3) is 0.538. The Kier molecular flexibility index (Phi) is 3.27. The van der Waals surface area contributed by atoms with Crippen LogP contribution in [-0.4, -0.2) is 20.6 Å². The predicted octanol–water partition coefficient (Wildman–Crippen LogP) is 2.57. The van der Waals surface area contributed by atoms with Crippen LogP contribution in [0.1, 0.15) is 30.9 Å². The summed E-state index contributed by atoms with van der Waals surface area (Å²) in [6, 6.07) is 9.48. The molecule has 1 heterocycles. The number of hydrogen-bond donors (Lipinski definition) is 1. The minimum absolute atomic E-state index is 0.579. The second-order valence-corrected chi connectivity index (χ2v) is 4.49. The molecule has 1 aromatic carbocycles. The van der Waals surface area contributed by atoms with Gasteiger partial charge in [0, 0.05) is 25.8 Å². The lowest BCUT2D eigenvalue weighted by atomic mass is 9.97. The first-order valence-corrected chi connectivity index (χ1v) is 5.78. The molecular formula is C13H20N2. The van der Waals surface area contributed by atoms with E-state index in [-0.39, 0.29) is 0 Å². The van der Waals surface area contributed by atoms with Gasteiger partial charge in [-0.05, 0) is 37.1 Å². The summed E-state index contributed by atoms with van der Waals surface area (Å²) in [5, 5.41) is 3.57. The van der Waals surface area contributed by atoms with E-state index < -0.39 is 0 Å². The van der Waals surface area contributed by atoms with Gasteiger partial charge in [-0.3, -0.25) is 0 Å². The lowest BCUT2D eigenvalue weighted by Crippen LogP contribution is -2.26. The second-order valence-electron chi connectivity index (χ2n) is 4.49. The topological polar surface area (TPSA) is 15.3 Å². The normalized spacial score (nSPS) is 21.3. The predicted molar refractivity (Wildman–Crippen MR) is 65.4 cm³/mol. The van der Waals surface area contributed by atoms with E-state index in [9.17, 15) is 0 Å². The number of hydrogen-bond acceptors (Lipinski definition) is 2. The summed E-state index contributed by atoms with van der Waals surface area (Å²) in [6.07, 6.45) is 3.96. The van der Waals surface area contributed by atoms with Crippen LogP contribution in [0.15, 0.2) is 24.3 Å². The van der Waals surface area contributed by atoms with Crippen molar-refractivity contribution < 1.29 is 0 Å². The minimum Gasteiger partial charge on any atom is -0.378 e. The Balaban J connectivity index is 2.08. The molecule has 2 rings (SSSR count). The van der Waals surface area contributed by atoms with Crippen LogP contribution in [0.5, 0.6) is 0 Å². The molecule has 1 fully saturated rings. The third-order valence-corrected chi connectivity index (χ3v) is 3.12. The molecule has 2 heteroatoms. The maximum absolute atomic E-state index is 3.57. The SMILES string of the molecule is CN(C)c1ccc(C2CCCCN2)cc1. The average molecular weight is 204 g/mol. The van der Waals surface area contributed by atoms with Crippen LogP contribution in [0, 0.1) is 0 Å². The number of piperidine rings is 1. The van der Waals surface area contributed by atoms with E-state index >= 15 is 0 Å². The molecule has 0 spiro atoms. The Bertz CT molecular complexity index is 297. The Morgan fingerprint density at radius 2 is 1.87 bits per heavy atom. The highest BCUT2D eigenvalue weighted by Crippen LogP contribution is 2.24. The third-order valence-electron chi connectivity index (χ3n) is 3.12. The maximum Gasteiger partial charge on any atom is 0.0361 e. The van der Waals surface area contributed by atoms with Crippen LogP contribution in [0.3, 0.4) is 0 Å². The highest BCUT2D eigenvalue weighted by atomic mass is 15.1. The fourth-order valence-electron chi connectivity index (χ4n) is 2.14. The van der Waals surface area contributed by atoms with Crippen LogP contribution in [0.4, 0.5) is 5.69 Å². The minimum atomic E-state index is 0.579. The molecule has 0 radical (unpaired) electrons. The van der Waals surface area contributed by atoms with Gasteiger partial charge >= 0.3 is 0 Å². The van der Waals surface area contributed by atoms with E-state index in [1.54, 1.807) is 0 Å². The zero-order chi connectivity index (χ0) is 10.7. The maximum atomic E-state index is 3.57. The summed E-state index contributed by atoms with van der Waals surface area (Å²) in [5.41, 5.74) is 2.70. The number of nitrogens with one attached hydrogen (secondary N) is 1. The smallest absolute Gasteiger partial charge is 0.0361 e. The molecule has 1 aromatic rings. The summed E-state index contributed by atoms with van der Waals surface area (Å²) in [4.78, 5) is 2.14. The Morgan fingerprint density at radius 3 is 2.40 bits per heavy atom. The first kappa shape index (κ1) is 10.5. The number of benzene rings is 1. The van der Waals surface area contributed by atoms with Gasteiger partial charge in [0.25, 0.3) is 0 Å². The molecule has 0 bridgehead atoms. The third kappa shape index (κ3) is 2.51. The molecule has 0 amide bonds. The summed E-state index contributed by atoms with van der Waals surface area (Å²) in [7, 11) is 4.15. The largest absolute Gasteiger partial charge is 0.378 e. The number of rotatable bonds is 2. The summed E-state index contributed by atoms with van der Waals surface area (Å²) in [6.45, 7) is 1.17. The van der Waals surface area contributed by atoms with E-state index in [1.807, 2.05) is 0 Å². The summed E-state index contributed by atoms with van der Waals surface area (Å²) < 4.78 is 0. The van der Waals surface area contributed by atoms with Crippen molar-refractivity contribution in [3.8, 4) is 0 Å². The number of anilines is 1. The quantitative estimate of drug-likeness (QED) is 0.796. The van der Waals surface area contributed by atoms with E-state index in [2.05, 4.69) is 48.6 Å². The van der Waals surface area contributed by atoms with Gasteiger partial charge in [0.15, 0.2) is 0 Å². The first-order valence-electron chi connectivity index (χ1n) is 5.78. The Morgan fingerprint density at radius 1 is 1.13 bits per heavy atom. The lowest BCUT2D eigenvalue weighted by molar-refractivity contribution is 0.412. The van der Waals surface area contributed by atoms with Crippen molar-refractivity contribution in [1.29, 1.82) is 0 Å². The van der Waals surface area contributed by atoms with Crippen molar-refractivity contribution in [2.24, 2.45) is 0 Å². The van der Waals surface area contributed by atoms with Crippen molar-refractivity contribution in [2.45, 2.75) is 25.3 Å². The molecular weight excluding hydrogens is 184 g/mol. The van der Waals surface area contributed by atoms with Gasteiger partial charge in [-0.2, -0.15) is 0 Å². The first-order chi connectivity index (χ1) is 7.27. The molecule has 0 saturated carbocycles. The molecule has 1 aliphatic heterocycles. The fourth-order valence-corrected chi connectivity index (χ4v) is 2.14. The van der Waals surface area contributed by atoms with Gasteiger partial charge in [-0.1, -0.05) is 18.6 Å². The van der Waals surface area contributed by atoms with Crippen molar-refractivity contribution >= 4 is 5.69 Å². The molecule has 1 aliphatic rings. The zero-order valence-electron chi connectivity index (χ0n) is 9.66. The lowest BCUT2D eigenvalue weighted by Gasteiger charge is -2.24. The van der Waals surface area contributed by atoms with Gasteiger partial charge in [0.2, 0.25) is 0 Å². The van der Waals surface area contributed by atoms with Crippen LogP contribution in [0.2, 0.25) is 0 Å². The van der Waals surface area contributed by atoms with E-state index in [4.69, 9.17) is 0 Å². The van der Waals surface area contributed by atoms with E-state index in [1.165, 1.54) is 37.1 Å². The molecule has 1 unspecified atom stereocenters. The van der Waals surface area contributed by atoms with Gasteiger partial charge in [0.05, 0.1) is 0 Å².